The Kier molecular flexibility index (Phi) is 4.12. The van der Waals surface area contributed by atoms with Crippen LogP contribution in [0.4, 0.5) is 10.5 Å². The second kappa shape index (κ2) is 6.07. The molecule has 1 N–H and O–H groups in total. The maximum atomic E-state index is 12.2. The Balaban J connectivity index is 2.31. The third-order valence-corrected chi connectivity index (χ3v) is 5.03. The van der Waals surface area contributed by atoms with Crippen molar-refractivity contribution in [3.05, 3.63) is 53.6 Å². The second-order valence-corrected chi connectivity index (χ2v) is 6.28. The number of anilines is 1. The number of hydrogen-bond acceptors (Lipinski definition) is 2. The van der Waals surface area contributed by atoms with Crippen LogP contribution in [0, 0.1) is 6.92 Å². The fourth-order valence-corrected chi connectivity index (χ4v) is 3.43. The lowest BCUT2D eigenvalue weighted by Crippen LogP contribution is -2.32. The minimum atomic E-state index is -0.380. The summed E-state index contributed by atoms with van der Waals surface area (Å²) in [5.41, 5.74) is 5.32. The summed E-state index contributed by atoms with van der Waals surface area (Å²) in [6, 6.07) is 14.5. The molecule has 0 saturated heterocycles. The minimum Gasteiger partial charge on any atom is -0.448 e. The van der Waals surface area contributed by atoms with E-state index in [-0.39, 0.29) is 11.5 Å². The fourth-order valence-electron chi connectivity index (χ4n) is 3.43. The van der Waals surface area contributed by atoms with Crippen LogP contribution in [0.3, 0.4) is 0 Å². The molecule has 2 aromatic rings. The second-order valence-electron chi connectivity index (χ2n) is 6.28. The quantitative estimate of drug-likeness (QED) is 0.819. The van der Waals surface area contributed by atoms with Gasteiger partial charge in [-0.3, -0.25) is 5.32 Å². The van der Waals surface area contributed by atoms with Crippen LogP contribution in [0.5, 0.6) is 0 Å². The average Bonchev–Trinajstić information content (AvgIpc) is 2.62. The van der Waals surface area contributed by atoms with Gasteiger partial charge in [0.25, 0.3) is 0 Å². The van der Waals surface area contributed by atoms with Gasteiger partial charge in [-0.15, -0.1) is 0 Å². The molecule has 1 amide bonds. The van der Waals surface area contributed by atoms with E-state index in [1.54, 1.807) is 0 Å². The van der Waals surface area contributed by atoms with Crippen molar-refractivity contribution in [1.82, 2.24) is 0 Å². The first-order valence-corrected chi connectivity index (χ1v) is 8.24. The number of nitrogens with one attached hydrogen (secondary N) is 1. The molecule has 0 aromatic heterocycles. The molecule has 0 unspecified atom stereocenters. The smallest absolute Gasteiger partial charge is 0.411 e. The number of benzene rings is 2. The third-order valence-electron chi connectivity index (χ3n) is 5.03. The number of ether oxygens (including phenoxy) is 1. The van der Waals surface area contributed by atoms with Crippen molar-refractivity contribution in [3.8, 4) is 11.1 Å². The van der Waals surface area contributed by atoms with Crippen LogP contribution < -0.4 is 5.32 Å². The summed E-state index contributed by atoms with van der Waals surface area (Å²) in [5, 5.41) is 2.90. The highest BCUT2D eigenvalue weighted by Gasteiger charge is 2.34. The maximum absolute atomic E-state index is 12.2. The lowest BCUT2D eigenvalue weighted by atomic mass is 9.73. The molecule has 2 aromatic carbocycles. The Labute approximate surface area is 137 Å². The van der Waals surface area contributed by atoms with Gasteiger partial charge in [-0.2, -0.15) is 0 Å². The summed E-state index contributed by atoms with van der Waals surface area (Å²) < 4.78 is 5.55. The van der Waals surface area contributed by atoms with Crippen molar-refractivity contribution in [1.29, 1.82) is 0 Å². The standard InChI is InChI=1S/C20H23NO2/c1-4-20(5-2)13-23-19(22)21-18-11-10-14(3)12-16(18)15-8-6-7-9-17(15)20/h6-12H,4-5,13H2,1-3H3,(H,21,22). The van der Waals surface area contributed by atoms with Crippen LogP contribution >= 0.6 is 0 Å². The molecular formula is C20H23NO2. The number of cyclic esters (lactones) is 1. The Bertz CT molecular complexity index is 732. The SMILES string of the molecule is CCC1(CC)COC(=O)Nc2ccc(C)cc2-c2ccccc21. The van der Waals surface area contributed by atoms with Crippen molar-refractivity contribution in [2.45, 2.75) is 39.0 Å². The molecule has 0 radical (unpaired) electrons. The molecule has 0 saturated carbocycles. The van der Waals surface area contributed by atoms with E-state index in [0.717, 1.165) is 24.1 Å². The molecule has 120 valence electrons. The molecule has 0 fully saturated rings. The van der Waals surface area contributed by atoms with Gasteiger partial charge in [-0.25, -0.2) is 4.79 Å². The van der Waals surface area contributed by atoms with E-state index in [2.05, 4.69) is 56.4 Å². The van der Waals surface area contributed by atoms with Gasteiger partial charge in [0.05, 0.1) is 5.69 Å². The van der Waals surface area contributed by atoms with Gasteiger partial charge < -0.3 is 4.74 Å². The van der Waals surface area contributed by atoms with E-state index >= 15 is 0 Å². The van der Waals surface area contributed by atoms with Crippen LogP contribution in [-0.4, -0.2) is 12.7 Å². The van der Waals surface area contributed by atoms with Gasteiger partial charge in [0.15, 0.2) is 0 Å². The highest BCUT2D eigenvalue weighted by atomic mass is 16.5. The van der Waals surface area contributed by atoms with Crippen molar-refractivity contribution in [2.24, 2.45) is 0 Å². The van der Waals surface area contributed by atoms with E-state index in [1.165, 1.54) is 16.7 Å². The summed E-state index contributed by atoms with van der Waals surface area (Å²) in [4.78, 5) is 12.2. The zero-order valence-corrected chi connectivity index (χ0v) is 14.0. The molecular weight excluding hydrogens is 286 g/mol. The highest BCUT2D eigenvalue weighted by Crippen LogP contribution is 2.42. The number of amides is 1. The molecule has 0 atom stereocenters. The topological polar surface area (TPSA) is 38.3 Å². The van der Waals surface area contributed by atoms with Crippen LogP contribution in [0.15, 0.2) is 42.5 Å². The van der Waals surface area contributed by atoms with Gasteiger partial charge in [-0.1, -0.05) is 49.7 Å². The molecule has 1 aliphatic heterocycles. The lowest BCUT2D eigenvalue weighted by Gasteiger charge is -2.33. The van der Waals surface area contributed by atoms with Crippen LogP contribution in [0.1, 0.15) is 37.8 Å². The lowest BCUT2D eigenvalue weighted by molar-refractivity contribution is 0.123. The summed E-state index contributed by atoms with van der Waals surface area (Å²) in [6.07, 6.45) is 1.47. The summed E-state index contributed by atoms with van der Waals surface area (Å²) in [6.45, 7) is 6.80. The average molecular weight is 309 g/mol. The molecule has 23 heavy (non-hydrogen) atoms. The van der Waals surface area contributed by atoms with Crippen LogP contribution in [0.25, 0.3) is 11.1 Å². The number of rotatable bonds is 2. The molecule has 3 nitrogen and oxygen atoms in total. The molecule has 3 rings (SSSR count). The van der Waals surface area contributed by atoms with Gasteiger partial charge in [0.1, 0.15) is 6.61 Å². The highest BCUT2D eigenvalue weighted by molar-refractivity contribution is 5.93. The zero-order valence-electron chi connectivity index (χ0n) is 14.0. The number of carbonyl (C=O) groups is 1. The maximum Gasteiger partial charge on any atom is 0.411 e. The molecule has 1 heterocycles. The molecule has 1 aliphatic rings. The van der Waals surface area contributed by atoms with E-state index in [9.17, 15) is 4.79 Å². The number of fused-ring (bicyclic) bond motifs is 3. The molecule has 0 aliphatic carbocycles. The van der Waals surface area contributed by atoms with E-state index in [1.807, 2.05) is 12.1 Å². The van der Waals surface area contributed by atoms with Crippen LogP contribution in [-0.2, 0) is 10.2 Å². The Morgan fingerprint density at radius 2 is 1.83 bits per heavy atom. The van der Waals surface area contributed by atoms with Gasteiger partial charge in [0, 0.05) is 11.0 Å². The molecule has 0 bridgehead atoms. The fraction of sp³-hybridized carbons (Fsp3) is 0.350. The van der Waals surface area contributed by atoms with Gasteiger partial charge in [-0.05, 0) is 43.0 Å². The first-order valence-electron chi connectivity index (χ1n) is 8.24. The summed E-state index contributed by atoms with van der Waals surface area (Å²) >= 11 is 0. The zero-order chi connectivity index (χ0) is 16.4. The van der Waals surface area contributed by atoms with Crippen molar-refractivity contribution < 1.29 is 9.53 Å². The van der Waals surface area contributed by atoms with Gasteiger partial charge in [0.2, 0.25) is 0 Å². The summed E-state index contributed by atoms with van der Waals surface area (Å²) in [7, 11) is 0. The number of aryl methyl sites for hydroxylation is 1. The largest absolute Gasteiger partial charge is 0.448 e. The van der Waals surface area contributed by atoms with E-state index in [0.29, 0.717) is 6.61 Å². The first kappa shape index (κ1) is 15.6. The monoisotopic (exact) mass is 309 g/mol. The molecule has 3 heteroatoms. The number of carbonyl (C=O) groups excluding carboxylic acids is 1. The Morgan fingerprint density at radius 3 is 2.57 bits per heavy atom. The Hall–Kier alpha value is -2.29. The van der Waals surface area contributed by atoms with Crippen LogP contribution in [0.2, 0.25) is 0 Å². The Morgan fingerprint density at radius 1 is 1.09 bits per heavy atom. The third kappa shape index (κ3) is 2.72. The van der Waals surface area contributed by atoms with Crippen molar-refractivity contribution >= 4 is 11.8 Å². The van der Waals surface area contributed by atoms with Crippen molar-refractivity contribution in [2.75, 3.05) is 11.9 Å². The predicted octanol–water partition coefficient (Wildman–Crippen LogP) is 5.28. The minimum absolute atomic E-state index is 0.153. The molecule has 0 spiro atoms. The van der Waals surface area contributed by atoms with Gasteiger partial charge >= 0.3 is 6.09 Å². The first-order chi connectivity index (χ1) is 11.1. The van der Waals surface area contributed by atoms with E-state index in [4.69, 9.17) is 4.74 Å². The summed E-state index contributed by atoms with van der Waals surface area (Å²) in [5.74, 6) is 0. The predicted molar refractivity (Wildman–Crippen MR) is 93.8 cm³/mol. The normalized spacial score (nSPS) is 16.0. The van der Waals surface area contributed by atoms with E-state index < -0.39 is 0 Å². The van der Waals surface area contributed by atoms with Crippen molar-refractivity contribution in [3.63, 3.8) is 0 Å². The number of hydrogen-bond donors (Lipinski definition) is 1.